The lowest BCUT2D eigenvalue weighted by atomic mass is 9.97. The van der Waals surface area contributed by atoms with Gasteiger partial charge in [-0.15, -0.1) is 0 Å². The van der Waals surface area contributed by atoms with Gasteiger partial charge in [0.15, 0.2) is 0 Å². The summed E-state index contributed by atoms with van der Waals surface area (Å²) in [5.41, 5.74) is 7.52. The van der Waals surface area contributed by atoms with Crippen molar-refractivity contribution >= 4 is 11.8 Å². The molecule has 1 aliphatic carbocycles. The van der Waals surface area contributed by atoms with Crippen molar-refractivity contribution in [3.63, 3.8) is 0 Å². The Kier molecular flexibility index (Phi) is 11.3. The normalized spacial score (nSPS) is 21.8. The summed E-state index contributed by atoms with van der Waals surface area (Å²) in [7, 11) is 0. The highest BCUT2D eigenvalue weighted by atomic mass is 19.4. The van der Waals surface area contributed by atoms with Crippen molar-refractivity contribution < 1.29 is 37.0 Å². The molecule has 3 fully saturated rings. The number of halogens is 3. The fourth-order valence-corrected chi connectivity index (χ4v) is 11.3. The van der Waals surface area contributed by atoms with Gasteiger partial charge in [-0.1, -0.05) is 84.9 Å². The summed E-state index contributed by atoms with van der Waals surface area (Å²) < 4.78 is 63.9. The van der Waals surface area contributed by atoms with Gasteiger partial charge >= 0.3 is 6.18 Å². The molecule has 0 spiro atoms. The van der Waals surface area contributed by atoms with Gasteiger partial charge in [0, 0.05) is 47.7 Å². The van der Waals surface area contributed by atoms with E-state index in [1.807, 2.05) is 109 Å². The van der Waals surface area contributed by atoms with E-state index in [2.05, 4.69) is 22.2 Å². The number of pyridine rings is 1. The van der Waals surface area contributed by atoms with Crippen LogP contribution in [0.1, 0.15) is 81.4 Å². The number of amides is 2. The number of hydrogen-bond acceptors (Lipinski definition) is 9. The van der Waals surface area contributed by atoms with Crippen LogP contribution in [0, 0.1) is 5.92 Å². The first-order chi connectivity index (χ1) is 34.1. The van der Waals surface area contributed by atoms with E-state index in [0.717, 1.165) is 77.9 Å². The van der Waals surface area contributed by atoms with E-state index >= 15 is 4.79 Å². The topological polar surface area (TPSA) is 135 Å². The average molecular weight is 950 g/mol. The average Bonchev–Trinajstić information content (AvgIpc) is 4.27. The predicted molar refractivity (Wildman–Crippen MR) is 250 cm³/mol. The molecule has 7 aromatic rings. The third kappa shape index (κ3) is 8.13. The largest absolute Gasteiger partial charge is 0.475 e. The van der Waals surface area contributed by atoms with Crippen molar-refractivity contribution in [2.45, 2.75) is 95.4 Å². The van der Waals surface area contributed by atoms with E-state index in [9.17, 15) is 18.0 Å². The summed E-state index contributed by atoms with van der Waals surface area (Å²) in [4.78, 5) is 37.6. The smallest absolute Gasteiger partial charge is 0.417 e. The maximum Gasteiger partial charge on any atom is 0.417 e. The molecule has 4 aromatic heterocycles. The molecule has 8 heterocycles. The molecule has 2 bridgehead atoms. The third-order valence-electron chi connectivity index (χ3n) is 14.8. The van der Waals surface area contributed by atoms with Crippen LogP contribution >= 0.6 is 0 Å². The zero-order valence-corrected chi connectivity index (χ0v) is 38.2. The summed E-state index contributed by atoms with van der Waals surface area (Å²) in [5.74, 6) is 0.0476. The van der Waals surface area contributed by atoms with Crippen molar-refractivity contribution in [3.05, 3.63) is 149 Å². The van der Waals surface area contributed by atoms with Gasteiger partial charge in [-0.25, -0.2) is 4.98 Å². The molecule has 2 saturated heterocycles. The lowest BCUT2D eigenvalue weighted by molar-refractivity contribution is -0.137. The molecule has 14 nitrogen and oxygen atoms in total. The van der Waals surface area contributed by atoms with Crippen molar-refractivity contribution in [1.82, 2.24) is 44.1 Å². The van der Waals surface area contributed by atoms with Crippen molar-refractivity contribution in [2.24, 2.45) is 5.92 Å². The van der Waals surface area contributed by atoms with Gasteiger partial charge in [0.25, 0.3) is 11.8 Å². The molecule has 2 amide bonds. The molecular weight excluding hydrogens is 900 g/mol. The number of carbonyl (C=O) groups excluding carboxylic acids is 2. The molecule has 5 atom stereocenters. The van der Waals surface area contributed by atoms with Crippen LogP contribution in [-0.2, 0) is 48.5 Å². The Morgan fingerprint density at radius 3 is 2.23 bits per heavy atom. The molecule has 0 radical (unpaired) electrons. The van der Waals surface area contributed by atoms with E-state index in [1.54, 1.807) is 0 Å². The number of ether oxygens (including phenoxy) is 3. The number of fused-ring (bicyclic) bond motifs is 4. The van der Waals surface area contributed by atoms with Gasteiger partial charge in [-0.3, -0.25) is 23.6 Å². The standard InChI is InChI=1S/C53H50F3N9O5/c54-53(55,56)39-18-20-46(57-26-39)70-31-42-37-17-19-40(24-37)65(42)52(67)48-44-32-69-45(29-64(44)60-49(48)35-10-5-2-6-11-35)34-13-15-36(16-14-34)50-47(43-30-68-23-22-63(43)59-50)51(66)62-21-7-12-41(62)28-61-27-38(25-58-61)33-8-3-1-4-9-33/h1-6,8-11,13-16,18,20,25-27,37,40-42,45H,7,12,17,19,21-24,28-32H2/t37-,40+,41-,42+,45?/m0/s1. The molecule has 3 aromatic carbocycles. The van der Waals surface area contributed by atoms with Gasteiger partial charge < -0.3 is 24.0 Å². The lowest BCUT2D eigenvalue weighted by Gasteiger charge is -2.35. The molecule has 12 rings (SSSR count). The van der Waals surface area contributed by atoms with Crippen LogP contribution in [0.5, 0.6) is 5.88 Å². The van der Waals surface area contributed by atoms with E-state index in [1.165, 1.54) is 6.07 Å². The lowest BCUT2D eigenvalue weighted by Crippen LogP contribution is -2.48. The van der Waals surface area contributed by atoms with Crippen molar-refractivity contribution in [1.29, 1.82) is 0 Å². The van der Waals surface area contributed by atoms with Gasteiger partial charge in [-0.2, -0.15) is 28.5 Å². The maximum absolute atomic E-state index is 15.0. The minimum Gasteiger partial charge on any atom is -0.475 e. The second-order valence-electron chi connectivity index (χ2n) is 18.9. The molecular formula is C53H50F3N9O5. The number of carbonyl (C=O) groups is 2. The summed E-state index contributed by atoms with van der Waals surface area (Å²) in [6, 6.07) is 29.7. The first kappa shape index (κ1) is 44.1. The number of nitrogens with zero attached hydrogens (tertiary/aromatic N) is 9. The molecule has 1 unspecified atom stereocenters. The second-order valence-corrected chi connectivity index (χ2v) is 18.9. The minimum absolute atomic E-state index is 0.00151. The van der Waals surface area contributed by atoms with Gasteiger partial charge in [0.05, 0.1) is 85.8 Å². The Balaban J connectivity index is 0.789. The Hall–Kier alpha value is -7.11. The predicted octanol–water partition coefficient (Wildman–Crippen LogP) is 8.87. The number of aromatic nitrogens is 7. The monoisotopic (exact) mass is 949 g/mol. The van der Waals surface area contributed by atoms with Gasteiger partial charge in [-0.05, 0) is 55.2 Å². The molecule has 17 heteroatoms. The summed E-state index contributed by atoms with van der Waals surface area (Å²) in [5, 5.41) is 14.8. The first-order valence-corrected chi connectivity index (χ1v) is 24.1. The van der Waals surface area contributed by atoms with Crippen LogP contribution < -0.4 is 4.74 Å². The van der Waals surface area contributed by atoms with Crippen LogP contribution in [0.4, 0.5) is 13.2 Å². The zero-order chi connectivity index (χ0) is 47.5. The summed E-state index contributed by atoms with van der Waals surface area (Å²) >= 11 is 0. The fraction of sp³-hybridized carbons (Fsp3) is 0.358. The Labute approximate surface area is 401 Å². The fourth-order valence-electron chi connectivity index (χ4n) is 11.3. The molecule has 5 aliphatic rings. The molecule has 70 heavy (non-hydrogen) atoms. The Morgan fingerprint density at radius 2 is 1.47 bits per heavy atom. The van der Waals surface area contributed by atoms with Crippen LogP contribution in [0.3, 0.4) is 0 Å². The second kappa shape index (κ2) is 18.0. The van der Waals surface area contributed by atoms with Gasteiger partial charge in [0.2, 0.25) is 5.88 Å². The van der Waals surface area contributed by atoms with E-state index in [0.29, 0.717) is 67.6 Å². The van der Waals surface area contributed by atoms with Crippen molar-refractivity contribution in [3.8, 4) is 39.5 Å². The van der Waals surface area contributed by atoms with E-state index in [4.69, 9.17) is 24.4 Å². The van der Waals surface area contributed by atoms with Gasteiger partial charge in [0.1, 0.15) is 24.1 Å². The van der Waals surface area contributed by atoms with E-state index < -0.39 is 11.7 Å². The maximum atomic E-state index is 15.0. The molecule has 4 aliphatic heterocycles. The molecule has 0 N–H and O–H groups in total. The summed E-state index contributed by atoms with van der Waals surface area (Å²) in [6.45, 7) is 3.21. The highest BCUT2D eigenvalue weighted by molar-refractivity contribution is 6.02. The number of likely N-dealkylation sites (tertiary alicyclic amines) is 2. The van der Waals surface area contributed by atoms with Crippen LogP contribution in [0.2, 0.25) is 0 Å². The number of alkyl halides is 3. The number of benzene rings is 3. The van der Waals surface area contributed by atoms with Crippen LogP contribution in [-0.4, -0.2) is 93.8 Å². The third-order valence-corrected chi connectivity index (χ3v) is 14.8. The van der Waals surface area contributed by atoms with Crippen molar-refractivity contribution in [2.75, 3.05) is 19.8 Å². The Morgan fingerprint density at radius 1 is 0.743 bits per heavy atom. The van der Waals surface area contributed by atoms with Crippen LogP contribution in [0.25, 0.3) is 33.6 Å². The molecule has 1 saturated carbocycles. The Bertz CT molecular complexity index is 3050. The highest BCUT2D eigenvalue weighted by Gasteiger charge is 2.50. The number of rotatable bonds is 11. The van der Waals surface area contributed by atoms with Crippen LogP contribution in [0.15, 0.2) is 116 Å². The summed E-state index contributed by atoms with van der Waals surface area (Å²) in [6.07, 6.45) is 4.19. The number of hydrogen-bond donors (Lipinski definition) is 0. The highest BCUT2D eigenvalue weighted by Crippen LogP contribution is 2.45. The first-order valence-electron chi connectivity index (χ1n) is 24.1. The zero-order valence-electron chi connectivity index (χ0n) is 38.2. The minimum atomic E-state index is -4.51. The number of piperidine rings is 1. The quantitative estimate of drug-likeness (QED) is 0.125. The van der Waals surface area contributed by atoms with E-state index in [-0.39, 0.29) is 61.1 Å². The SMILES string of the molecule is O=C(c1c(-c2ccc(C3Cn4nc(-c5ccccc5)c(C(=O)N5[C@@H]6CC[C@@H](C6)[C@H]5COc5ccc(C(F)(F)F)cn5)c4CO3)cc2)nn2c1COCC2)N1CCC[C@H]1Cn1cc(-c2ccccc2)cn1. The molecule has 358 valence electrons.